The molecule has 1 saturated heterocycles. The number of hydrogen-bond acceptors (Lipinski definition) is 4. The molecule has 134 valence electrons. The van der Waals surface area contributed by atoms with Gasteiger partial charge in [0.15, 0.2) is 5.01 Å². The summed E-state index contributed by atoms with van der Waals surface area (Å²) in [5.74, 6) is 0.397. The Labute approximate surface area is 149 Å². The lowest BCUT2D eigenvalue weighted by atomic mass is 9.91. The van der Waals surface area contributed by atoms with Gasteiger partial charge in [-0.1, -0.05) is 41.2 Å². The highest BCUT2D eigenvalue weighted by molar-refractivity contribution is 7.15. The number of nitrogens with zero attached hydrogens (tertiary/aromatic N) is 3. The van der Waals surface area contributed by atoms with Crippen LogP contribution in [-0.2, 0) is 6.42 Å². The Morgan fingerprint density at radius 2 is 2.12 bits per heavy atom. The second-order valence-electron chi connectivity index (χ2n) is 6.32. The van der Waals surface area contributed by atoms with E-state index in [0.717, 1.165) is 19.3 Å². The molecule has 1 N–H and O–H groups in total. The number of piperidine rings is 1. The number of nitrogens with one attached hydrogen (secondary N) is 1. The first-order valence-corrected chi connectivity index (χ1v) is 9.06. The summed E-state index contributed by atoms with van der Waals surface area (Å²) in [7, 11) is 0. The third-order valence-corrected chi connectivity index (χ3v) is 5.14. The van der Waals surface area contributed by atoms with E-state index in [1.54, 1.807) is 4.90 Å². The monoisotopic (exact) mass is 366 g/mol. The van der Waals surface area contributed by atoms with Crippen LogP contribution in [0.3, 0.4) is 0 Å². The number of urea groups is 1. The summed E-state index contributed by atoms with van der Waals surface area (Å²) in [6.45, 7) is 3.38. The van der Waals surface area contributed by atoms with Gasteiger partial charge in [-0.05, 0) is 37.7 Å². The molecule has 1 aliphatic heterocycles. The number of hydrogen-bond donors (Lipinski definition) is 1. The summed E-state index contributed by atoms with van der Waals surface area (Å²) in [5, 5.41) is 9.28. The number of aromatic nitrogens is 2. The Bertz CT molecular complexity index is 720. The van der Waals surface area contributed by atoms with Crippen molar-refractivity contribution in [2.45, 2.75) is 32.6 Å². The SMILES string of the molecule is Cc1ccc(CC2CCCN(C(=O)Nc3nnc(C(F)F)s3)C2)cc1. The third-order valence-electron chi connectivity index (χ3n) is 4.29. The molecule has 0 aliphatic carbocycles. The lowest BCUT2D eigenvalue weighted by molar-refractivity contribution is 0.150. The van der Waals surface area contributed by atoms with Gasteiger partial charge in [0, 0.05) is 13.1 Å². The van der Waals surface area contributed by atoms with E-state index in [9.17, 15) is 13.6 Å². The van der Waals surface area contributed by atoms with Gasteiger partial charge in [-0.15, -0.1) is 10.2 Å². The molecule has 0 spiro atoms. The summed E-state index contributed by atoms with van der Waals surface area (Å²) >= 11 is 0.707. The molecule has 3 rings (SSSR count). The van der Waals surface area contributed by atoms with Crippen molar-refractivity contribution in [3.8, 4) is 0 Å². The number of halogens is 2. The number of likely N-dealkylation sites (tertiary alicyclic amines) is 1. The van der Waals surface area contributed by atoms with Gasteiger partial charge in [0.1, 0.15) is 0 Å². The van der Waals surface area contributed by atoms with Crippen molar-refractivity contribution < 1.29 is 13.6 Å². The number of amides is 2. The van der Waals surface area contributed by atoms with E-state index in [1.807, 2.05) is 0 Å². The summed E-state index contributed by atoms with van der Waals surface area (Å²) < 4.78 is 25.1. The van der Waals surface area contributed by atoms with Gasteiger partial charge in [0.2, 0.25) is 5.13 Å². The third kappa shape index (κ3) is 4.72. The lowest BCUT2D eigenvalue weighted by Crippen LogP contribution is -2.42. The largest absolute Gasteiger partial charge is 0.324 e. The number of aryl methyl sites for hydroxylation is 1. The van der Waals surface area contributed by atoms with E-state index in [-0.39, 0.29) is 16.2 Å². The Balaban J connectivity index is 1.56. The molecule has 2 amide bonds. The molecule has 1 aromatic heterocycles. The van der Waals surface area contributed by atoms with Crippen LogP contribution in [0.15, 0.2) is 24.3 Å². The summed E-state index contributed by atoms with van der Waals surface area (Å²) in [6.07, 6.45) is 0.268. The molecule has 2 aromatic rings. The normalized spacial score (nSPS) is 17.8. The van der Waals surface area contributed by atoms with Gasteiger partial charge >= 0.3 is 6.03 Å². The molecule has 5 nitrogen and oxygen atoms in total. The number of benzene rings is 1. The van der Waals surface area contributed by atoms with Crippen molar-refractivity contribution in [3.05, 3.63) is 40.4 Å². The van der Waals surface area contributed by atoms with Crippen molar-refractivity contribution >= 4 is 22.5 Å². The van der Waals surface area contributed by atoms with Crippen molar-refractivity contribution in [2.75, 3.05) is 18.4 Å². The minimum absolute atomic E-state index is 0.112. The van der Waals surface area contributed by atoms with Gasteiger partial charge in [-0.2, -0.15) is 0 Å². The zero-order valence-electron chi connectivity index (χ0n) is 13.9. The highest BCUT2D eigenvalue weighted by Crippen LogP contribution is 2.26. The molecule has 0 saturated carbocycles. The number of carbonyl (C=O) groups excluding carboxylic acids is 1. The lowest BCUT2D eigenvalue weighted by Gasteiger charge is -2.32. The molecular weight excluding hydrogens is 346 g/mol. The average Bonchev–Trinajstić information content (AvgIpc) is 3.06. The van der Waals surface area contributed by atoms with E-state index >= 15 is 0 Å². The van der Waals surface area contributed by atoms with Gasteiger partial charge in [-0.3, -0.25) is 5.32 Å². The fourth-order valence-electron chi connectivity index (χ4n) is 3.02. The molecule has 1 fully saturated rings. The molecule has 2 heterocycles. The van der Waals surface area contributed by atoms with Gasteiger partial charge in [-0.25, -0.2) is 13.6 Å². The molecule has 25 heavy (non-hydrogen) atoms. The maximum atomic E-state index is 12.5. The van der Waals surface area contributed by atoms with Crippen molar-refractivity contribution in [1.82, 2.24) is 15.1 Å². The predicted molar refractivity (Wildman–Crippen MR) is 93.1 cm³/mol. The molecule has 0 bridgehead atoms. The van der Waals surface area contributed by atoms with Crippen molar-refractivity contribution in [2.24, 2.45) is 5.92 Å². The number of carbonyl (C=O) groups is 1. The Morgan fingerprint density at radius 3 is 2.80 bits per heavy atom. The van der Waals surface area contributed by atoms with Crippen LogP contribution >= 0.6 is 11.3 Å². The summed E-state index contributed by atoms with van der Waals surface area (Å²) in [4.78, 5) is 14.1. The van der Waals surface area contributed by atoms with E-state index in [0.29, 0.717) is 30.3 Å². The second kappa shape index (κ2) is 7.86. The zero-order chi connectivity index (χ0) is 17.8. The molecule has 1 aromatic carbocycles. The van der Waals surface area contributed by atoms with Gasteiger partial charge in [0.05, 0.1) is 0 Å². The fourth-order valence-corrected chi connectivity index (χ4v) is 3.61. The molecule has 1 aliphatic rings. The second-order valence-corrected chi connectivity index (χ2v) is 7.33. The van der Waals surface area contributed by atoms with Crippen LogP contribution in [0.4, 0.5) is 18.7 Å². The molecular formula is C17H20F2N4OS. The number of alkyl halides is 2. The van der Waals surface area contributed by atoms with Crippen LogP contribution in [0.25, 0.3) is 0 Å². The quantitative estimate of drug-likeness (QED) is 0.879. The number of rotatable bonds is 4. The van der Waals surface area contributed by atoms with E-state index in [1.165, 1.54) is 11.1 Å². The Morgan fingerprint density at radius 1 is 1.36 bits per heavy atom. The first-order valence-electron chi connectivity index (χ1n) is 8.24. The van der Waals surface area contributed by atoms with Crippen molar-refractivity contribution in [3.63, 3.8) is 0 Å². The number of anilines is 1. The van der Waals surface area contributed by atoms with E-state index in [4.69, 9.17) is 0 Å². The highest BCUT2D eigenvalue weighted by atomic mass is 32.1. The summed E-state index contributed by atoms with van der Waals surface area (Å²) in [6, 6.07) is 8.14. The minimum Gasteiger partial charge on any atom is -0.324 e. The van der Waals surface area contributed by atoms with Gasteiger partial charge < -0.3 is 4.90 Å². The van der Waals surface area contributed by atoms with Crippen molar-refractivity contribution in [1.29, 1.82) is 0 Å². The standard InChI is InChI=1S/C17H20F2N4OS/c1-11-4-6-12(7-5-11)9-13-3-2-8-23(10-13)17(24)20-16-22-21-15(25-16)14(18)19/h4-7,13-14H,2-3,8-10H2,1H3,(H,20,22,24). The van der Waals surface area contributed by atoms with Crippen LogP contribution in [-0.4, -0.2) is 34.2 Å². The van der Waals surface area contributed by atoms with Crippen LogP contribution in [0.5, 0.6) is 0 Å². The maximum absolute atomic E-state index is 12.5. The van der Waals surface area contributed by atoms with E-state index in [2.05, 4.69) is 46.7 Å². The maximum Gasteiger partial charge on any atom is 0.323 e. The first-order chi connectivity index (χ1) is 12.0. The molecule has 1 atom stereocenters. The molecule has 1 unspecified atom stereocenters. The predicted octanol–water partition coefficient (Wildman–Crippen LogP) is 4.27. The highest BCUT2D eigenvalue weighted by Gasteiger charge is 2.25. The van der Waals surface area contributed by atoms with Crippen LogP contribution in [0, 0.1) is 12.8 Å². The van der Waals surface area contributed by atoms with E-state index < -0.39 is 6.43 Å². The first kappa shape index (κ1) is 17.7. The average molecular weight is 366 g/mol. The summed E-state index contributed by atoms with van der Waals surface area (Å²) in [5.41, 5.74) is 2.50. The smallest absolute Gasteiger partial charge is 0.323 e. The fraction of sp³-hybridized carbons (Fsp3) is 0.471. The molecule has 0 radical (unpaired) electrons. The zero-order valence-corrected chi connectivity index (χ0v) is 14.7. The topological polar surface area (TPSA) is 58.1 Å². The van der Waals surface area contributed by atoms with Crippen LogP contribution in [0.1, 0.15) is 35.4 Å². The Kier molecular flexibility index (Phi) is 5.57. The molecule has 8 heteroatoms. The van der Waals surface area contributed by atoms with Crippen LogP contribution < -0.4 is 5.32 Å². The van der Waals surface area contributed by atoms with Crippen LogP contribution in [0.2, 0.25) is 0 Å². The minimum atomic E-state index is -2.67. The van der Waals surface area contributed by atoms with Gasteiger partial charge in [0.25, 0.3) is 6.43 Å². The Hall–Kier alpha value is -2.09.